The summed E-state index contributed by atoms with van der Waals surface area (Å²) in [7, 11) is 0. The third-order valence-corrected chi connectivity index (χ3v) is 4.40. The van der Waals surface area contributed by atoms with E-state index in [4.69, 9.17) is 11.6 Å². The molecular weight excluding hydrogens is 426 g/mol. The van der Waals surface area contributed by atoms with Crippen molar-refractivity contribution in [1.82, 2.24) is 19.6 Å². The Morgan fingerprint density at radius 3 is 2.50 bits per heavy atom. The van der Waals surface area contributed by atoms with Crippen LogP contribution in [0.5, 0.6) is 0 Å². The lowest BCUT2D eigenvalue weighted by Gasteiger charge is -2.11. The molecule has 0 spiro atoms. The van der Waals surface area contributed by atoms with Gasteiger partial charge in [-0.25, -0.2) is 18.9 Å². The molecule has 0 saturated carbocycles. The molecule has 1 amide bonds. The number of anilines is 1. The van der Waals surface area contributed by atoms with Crippen LogP contribution in [0, 0.1) is 5.82 Å². The summed E-state index contributed by atoms with van der Waals surface area (Å²) in [6, 6.07) is 9.75. The average molecular weight is 436 g/mol. The van der Waals surface area contributed by atoms with Gasteiger partial charge in [0.05, 0.1) is 11.4 Å². The molecule has 4 aromatic rings. The van der Waals surface area contributed by atoms with E-state index in [1.807, 2.05) is 0 Å². The van der Waals surface area contributed by atoms with Crippen LogP contribution in [-0.2, 0) is 6.18 Å². The lowest BCUT2D eigenvalue weighted by atomic mass is 10.1. The smallest absolute Gasteiger partial charge is 0.318 e. The number of halogens is 5. The Morgan fingerprint density at radius 2 is 1.83 bits per heavy atom. The molecule has 0 atom stereocenters. The highest BCUT2D eigenvalue weighted by Gasteiger charge is 2.35. The quantitative estimate of drug-likeness (QED) is 0.368. The van der Waals surface area contributed by atoms with Crippen LogP contribution in [0.3, 0.4) is 0 Å². The Hall–Kier alpha value is -3.53. The predicted molar refractivity (Wildman–Crippen MR) is 101 cm³/mol. The number of pyridine rings is 1. The van der Waals surface area contributed by atoms with Gasteiger partial charge in [0.25, 0.3) is 5.91 Å². The Morgan fingerprint density at radius 1 is 1.10 bits per heavy atom. The van der Waals surface area contributed by atoms with Gasteiger partial charge in [0, 0.05) is 17.8 Å². The Kier molecular flexibility index (Phi) is 4.86. The summed E-state index contributed by atoms with van der Waals surface area (Å²) < 4.78 is 54.5. The molecule has 3 aromatic heterocycles. The molecular formula is C19H10ClF4N5O. The zero-order valence-electron chi connectivity index (χ0n) is 14.8. The number of rotatable bonds is 3. The van der Waals surface area contributed by atoms with Crippen molar-refractivity contribution >= 4 is 28.8 Å². The van der Waals surface area contributed by atoms with Crippen LogP contribution in [-0.4, -0.2) is 25.5 Å². The predicted octanol–water partition coefficient (Wildman–Crippen LogP) is 4.85. The van der Waals surface area contributed by atoms with Crippen molar-refractivity contribution in [2.45, 2.75) is 6.18 Å². The highest BCUT2D eigenvalue weighted by Crippen LogP contribution is 2.32. The van der Waals surface area contributed by atoms with Crippen molar-refractivity contribution in [3.63, 3.8) is 0 Å². The summed E-state index contributed by atoms with van der Waals surface area (Å²) >= 11 is 5.88. The Labute approximate surface area is 171 Å². The van der Waals surface area contributed by atoms with E-state index in [0.29, 0.717) is 4.52 Å². The third kappa shape index (κ3) is 3.81. The highest BCUT2D eigenvalue weighted by molar-refractivity contribution is 6.32. The number of alkyl halides is 3. The number of benzene rings is 1. The number of hydrogen-bond acceptors (Lipinski definition) is 4. The maximum Gasteiger partial charge on any atom is 0.433 e. The SMILES string of the molecule is O=C(Nc1cccnc1Cl)c1cc2nc(-c3ccc(F)cc3)cc(C(F)(F)F)n2n1. The molecule has 0 aliphatic carbocycles. The maximum atomic E-state index is 13.6. The maximum absolute atomic E-state index is 13.6. The van der Waals surface area contributed by atoms with Crippen LogP contribution in [0.25, 0.3) is 16.9 Å². The molecule has 0 bridgehead atoms. The molecule has 0 radical (unpaired) electrons. The zero-order valence-corrected chi connectivity index (χ0v) is 15.5. The van der Waals surface area contributed by atoms with Gasteiger partial charge in [-0.15, -0.1) is 0 Å². The summed E-state index contributed by atoms with van der Waals surface area (Å²) in [5, 5.41) is 6.21. The molecule has 1 N–H and O–H groups in total. The van der Waals surface area contributed by atoms with E-state index in [2.05, 4.69) is 20.4 Å². The van der Waals surface area contributed by atoms with E-state index < -0.39 is 23.6 Å². The summed E-state index contributed by atoms with van der Waals surface area (Å²) in [5.74, 6) is -1.32. The molecule has 0 aliphatic rings. The standard InChI is InChI=1S/C19H10ClF4N5O/c20-17-12(2-1-7-25-17)27-18(30)14-9-16-26-13(10-3-5-11(21)6-4-10)8-15(19(22,23)24)29(16)28-14/h1-9H,(H,27,30). The molecule has 11 heteroatoms. The monoisotopic (exact) mass is 435 g/mol. The highest BCUT2D eigenvalue weighted by atomic mass is 35.5. The second-order valence-corrected chi connectivity index (χ2v) is 6.48. The topological polar surface area (TPSA) is 72.2 Å². The molecule has 0 fully saturated rings. The molecule has 0 saturated heterocycles. The summed E-state index contributed by atoms with van der Waals surface area (Å²) in [6.45, 7) is 0. The van der Waals surface area contributed by atoms with Crippen molar-refractivity contribution in [3.8, 4) is 11.3 Å². The van der Waals surface area contributed by atoms with Gasteiger partial charge in [0.2, 0.25) is 0 Å². The van der Waals surface area contributed by atoms with E-state index in [1.165, 1.54) is 30.5 Å². The van der Waals surface area contributed by atoms with Gasteiger partial charge in [-0.05, 0) is 42.5 Å². The zero-order chi connectivity index (χ0) is 21.5. The van der Waals surface area contributed by atoms with E-state index >= 15 is 0 Å². The van der Waals surface area contributed by atoms with Gasteiger partial charge in [0.15, 0.2) is 22.2 Å². The number of hydrogen-bond donors (Lipinski definition) is 1. The first-order valence-corrected chi connectivity index (χ1v) is 8.76. The summed E-state index contributed by atoms with van der Waals surface area (Å²) in [5.41, 5.74) is -1.23. The third-order valence-electron chi connectivity index (χ3n) is 4.10. The van der Waals surface area contributed by atoms with Crippen molar-refractivity contribution in [2.75, 3.05) is 5.32 Å². The Balaban J connectivity index is 1.80. The first-order chi connectivity index (χ1) is 14.2. The molecule has 3 heterocycles. The van der Waals surface area contributed by atoms with Crippen LogP contribution in [0.15, 0.2) is 54.7 Å². The fraction of sp³-hybridized carbons (Fsp3) is 0.0526. The molecule has 1 aromatic carbocycles. The van der Waals surface area contributed by atoms with Crippen LogP contribution < -0.4 is 5.32 Å². The minimum absolute atomic E-state index is 0.0160. The van der Waals surface area contributed by atoms with E-state index in [9.17, 15) is 22.4 Å². The van der Waals surface area contributed by atoms with E-state index in [0.717, 1.165) is 24.3 Å². The first-order valence-electron chi connectivity index (χ1n) is 8.38. The van der Waals surface area contributed by atoms with Gasteiger partial charge >= 0.3 is 6.18 Å². The second kappa shape index (κ2) is 7.38. The van der Waals surface area contributed by atoms with Crippen molar-refractivity contribution in [3.05, 3.63) is 77.1 Å². The van der Waals surface area contributed by atoms with Crippen molar-refractivity contribution < 1.29 is 22.4 Å². The normalized spacial score (nSPS) is 11.6. The average Bonchev–Trinajstić information content (AvgIpc) is 3.13. The number of aromatic nitrogens is 4. The van der Waals surface area contributed by atoms with Crippen LogP contribution in [0.2, 0.25) is 5.15 Å². The van der Waals surface area contributed by atoms with Crippen LogP contribution in [0.4, 0.5) is 23.2 Å². The number of nitrogens with zero attached hydrogens (tertiary/aromatic N) is 4. The van der Waals surface area contributed by atoms with Gasteiger partial charge in [-0.1, -0.05) is 11.6 Å². The molecule has 0 aliphatic heterocycles. The molecule has 30 heavy (non-hydrogen) atoms. The van der Waals surface area contributed by atoms with Gasteiger partial charge < -0.3 is 5.32 Å². The van der Waals surface area contributed by atoms with Gasteiger partial charge in [-0.3, -0.25) is 4.79 Å². The molecule has 152 valence electrons. The van der Waals surface area contributed by atoms with Gasteiger partial charge in [-0.2, -0.15) is 18.3 Å². The number of amides is 1. The lowest BCUT2D eigenvalue weighted by Crippen LogP contribution is -2.16. The fourth-order valence-corrected chi connectivity index (χ4v) is 2.89. The van der Waals surface area contributed by atoms with Crippen LogP contribution in [0.1, 0.15) is 16.2 Å². The van der Waals surface area contributed by atoms with Gasteiger partial charge in [0.1, 0.15) is 5.82 Å². The first kappa shape index (κ1) is 19.8. The number of carbonyl (C=O) groups excluding carboxylic acids is 1. The minimum atomic E-state index is -4.78. The summed E-state index contributed by atoms with van der Waals surface area (Å²) in [4.78, 5) is 20.4. The molecule has 4 rings (SSSR count). The molecule has 0 unspecified atom stereocenters. The lowest BCUT2D eigenvalue weighted by molar-refractivity contribution is -0.142. The van der Waals surface area contributed by atoms with E-state index in [-0.39, 0.29) is 33.4 Å². The largest absolute Gasteiger partial charge is 0.433 e. The Bertz CT molecular complexity index is 1250. The number of carbonyl (C=O) groups is 1. The van der Waals surface area contributed by atoms with Crippen LogP contribution >= 0.6 is 11.6 Å². The van der Waals surface area contributed by atoms with E-state index in [1.54, 1.807) is 0 Å². The number of nitrogens with one attached hydrogen (secondary N) is 1. The minimum Gasteiger partial charge on any atom is -0.318 e. The molecule has 6 nitrogen and oxygen atoms in total. The van der Waals surface area contributed by atoms with Crippen molar-refractivity contribution in [2.24, 2.45) is 0 Å². The fourth-order valence-electron chi connectivity index (χ4n) is 2.72. The second-order valence-electron chi connectivity index (χ2n) is 6.13. The van der Waals surface area contributed by atoms with Crippen molar-refractivity contribution in [1.29, 1.82) is 0 Å². The summed E-state index contributed by atoms with van der Waals surface area (Å²) in [6.07, 6.45) is -3.36. The number of fused-ring (bicyclic) bond motifs is 1.